The monoisotopic (exact) mass is 255 g/mol. The van der Waals surface area contributed by atoms with Crippen molar-refractivity contribution in [1.29, 1.82) is 0 Å². The van der Waals surface area contributed by atoms with Crippen LogP contribution in [0.5, 0.6) is 0 Å². The Labute approximate surface area is 112 Å². The van der Waals surface area contributed by atoms with Crippen molar-refractivity contribution in [2.75, 3.05) is 26.2 Å². The van der Waals surface area contributed by atoms with E-state index < -0.39 is 0 Å². The fourth-order valence-electron chi connectivity index (χ4n) is 2.73. The van der Waals surface area contributed by atoms with E-state index in [1.54, 1.807) is 0 Å². The number of amides is 1. The van der Waals surface area contributed by atoms with Crippen LogP contribution in [0.2, 0.25) is 0 Å². The number of carbonyl (C=O) groups is 1. The van der Waals surface area contributed by atoms with E-state index in [2.05, 4.69) is 51.8 Å². The Bertz CT molecular complexity index is 279. The van der Waals surface area contributed by atoms with E-state index in [0.717, 1.165) is 19.6 Å². The predicted octanol–water partition coefficient (Wildman–Crippen LogP) is 1.32. The van der Waals surface area contributed by atoms with Crippen molar-refractivity contribution in [3.05, 3.63) is 0 Å². The molecule has 1 aliphatic rings. The largest absolute Gasteiger partial charge is 0.337 e. The predicted molar refractivity (Wildman–Crippen MR) is 75.6 cm³/mol. The topological polar surface area (TPSA) is 35.6 Å². The lowest BCUT2D eigenvalue weighted by atomic mass is 10.00. The van der Waals surface area contributed by atoms with Gasteiger partial charge in [-0.2, -0.15) is 0 Å². The zero-order valence-electron chi connectivity index (χ0n) is 12.8. The molecule has 4 nitrogen and oxygen atoms in total. The highest BCUT2D eigenvalue weighted by atomic mass is 16.2. The molecule has 0 unspecified atom stereocenters. The van der Waals surface area contributed by atoms with E-state index >= 15 is 0 Å². The van der Waals surface area contributed by atoms with Crippen molar-refractivity contribution >= 4 is 5.91 Å². The fourth-order valence-corrected chi connectivity index (χ4v) is 2.73. The third-order valence-corrected chi connectivity index (χ3v) is 3.70. The number of rotatable bonds is 4. The van der Waals surface area contributed by atoms with Crippen molar-refractivity contribution in [2.24, 2.45) is 0 Å². The van der Waals surface area contributed by atoms with E-state index in [9.17, 15) is 4.79 Å². The average molecular weight is 255 g/mol. The molecule has 0 aromatic heterocycles. The maximum atomic E-state index is 12.4. The second-order valence-electron chi connectivity index (χ2n) is 6.40. The van der Waals surface area contributed by atoms with E-state index in [1.807, 2.05) is 4.90 Å². The molecule has 106 valence electrons. The first kappa shape index (κ1) is 15.4. The first-order valence-corrected chi connectivity index (χ1v) is 7.02. The summed E-state index contributed by atoms with van der Waals surface area (Å²) in [5.41, 5.74) is 0.0630. The molecule has 0 bridgehead atoms. The third-order valence-electron chi connectivity index (χ3n) is 3.70. The van der Waals surface area contributed by atoms with Crippen LogP contribution in [0.25, 0.3) is 0 Å². The maximum Gasteiger partial charge on any atom is 0.237 e. The first-order chi connectivity index (χ1) is 8.25. The van der Waals surface area contributed by atoms with Crippen molar-refractivity contribution in [2.45, 2.75) is 59.2 Å². The van der Waals surface area contributed by atoms with Gasteiger partial charge in [0.2, 0.25) is 5.91 Å². The Morgan fingerprint density at radius 1 is 1.28 bits per heavy atom. The van der Waals surface area contributed by atoms with E-state index in [4.69, 9.17) is 0 Å². The van der Waals surface area contributed by atoms with E-state index in [-0.39, 0.29) is 23.5 Å². The Morgan fingerprint density at radius 3 is 2.28 bits per heavy atom. The van der Waals surface area contributed by atoms with Crippen LogP contribution in [-0.2, 0) is 4.79 Å². The van der Waals surface area contributed by atoms with Crippen LogP contribution in [0.4, 0.5) is 0 Å². The van der Waals surface area contributed by atoms with Crippen molar-refractivity contribution in [3.8, 4) is 0 Å². The molecule has 0 radical (unpaired) electrons. The molecular formula is C14H29N3O. The summed E-state index contributed by atoms with van der Waals surface area (Å²) in [5, 5.41) is 3.39. The summed E-state index contributed by atoms with van der Waals surface area (Å²) in [6.07, 6.45) is 0. The first-order valence-electron chi connectivity index (χ1n) is 7.02. The maximum absolute atomic E-state index is 12.4. The number of nitrogens with zero attached hydrogens (tertiary/aromatic N) is 2. The molecule has 0 saturated carbocycles. The summed E-state index contributed by atoms with van der Waals surface area (Å²) in [6.45, 7) is 16.1. The molecule has 0 aliphatic carbocycles. The Morgan fingerprint density at radius 2 is 1.83 bits per heavy atom. The van der Waals surface area contributed by atoms with Crippen LogP contribution in [0.15, 0.2) is 0 Å². The number of piperazine rings is 1. The number of hydrogen-bond donors (Lipinski definition) is 1. The minimum absolute atomic E-state index is 0.0630. The summed E-state index contributed by atoms with van der Waals surface area (Å²) in [6, 6.07) is 0.534. The van der Waals surface area contributed by atoms with Gasteiger partial charge in [-0.05, 0) is 41.5 Å². The Hall–Kier alpha value is -0.610. The minimum Gasteiger partial charge on any atom is -0.337 e. The highest BCUT2D eigenvalue weighted by molar-refractivity contribution is 5.79. The Balaban J connectivity index is 2.67. The van der Waals surface area contributed by atoms with Crippen LogP contribution >= 0.6 is 0 Å². The van der Waals surface area contributed by atoms with Gasteiger partial charge in [-0.1, -0.05) is 0 Å². The van der Waals surface area contributed by atoms with Crippen LogP contribution in [0.1, 0.15) is 41.5 Å². The lowest BCUT2D eigenvalue weighted by Gasteiger charge is -2.43. The molecule has 0 aromatic rings. The minimum atomic E-state index is 0.0630. The van der Waals surface area contributed by atoms with Gasteiger partial charge >= 0.3 is 0 Å². The van der Waals surface area contributed by atoms with Crippen LogP contribution in [0, 0.1) is 0 Å². The molecule has 0 spiro atoms. The second-order valence-corrected chi connectivity index (χ2v) is 6.40. The molecule has 0 atom stereocenters. The molecule has 1 heterocycles. The van der Waals surface area contributed by atoms with Gasteiger partial charge in [0, 0.05) is 37.3 Å². The quantitative estimate of drug-likeness (QED) is 0.823. The molecule has 1 amide bonds. The van der Waals surface area contributed by atoms with Crippen molar-refractivity contribution < 1.29 is 4.79 Å². The highest BCUT2D eigenvalue weighted by Crippen LogP contribution is 2.17. The van der Waals surface area contributed by atoms with Crippen LogP contribution < -0.4 is 5.32 Å². The summed E-state index contributed by atoms with van der Waals surface area (Å²) in [4.78, 5) is 16.7. The average Bonchev–Trinajstić information content (AvgIpc) is 2.19. The molecular weight excluding hydrogens is 226 g/mol. The summed E-state index contributed by atoms with van der Waals surface area (Å²) < 4.78 is 0. The number of hydrogen-bond acceptors (Lipinski definition) is 3. The molecule has 18 heavy (non-hydrogen) atoms. The highest BCUT2D eigenvalue weighted by Gasteiger charge is 2.32. The van der Waals surface area contributed by atoms with Gasteiger partial charge in [-0.3, -0.25) is 9.69 Å². The van der Waals surface area contributed by atoms with Gasteiger partial charge in [0.25, 0.3) is 0 Å². The fraction of sp³-hybridized carbons (Fsp3) is 0.929. The number of carbonyl (C=O) groups excluding carboxylic acids is 1. The lowest BCUT2D eigenvalue weighted by Crippen LogP contribution is -2.60. The molecule has 0 aromatic carbocycles. The summed E-state index contributed by atoms with van der Waals surface area (Å²) >= 11 is 0. The van der Waals surface area contributed by atoms with Crippen LogP contribution in [0.3, 0.4) is 0 Å². The lowest BCUT2D eigenvalue weighted by molar-refractivity contribution is -0.137. The van der Waals surface area contributed by atoms with Crippen LogP contribution in [-0.4, -0.2) is 59.5 Å². The SMILES string of the molecule is CC(C)N(C(=O)CN1CCNCC1(C)C)C(C)C. The van der Waals surface area contributed by atoms with Crippen molar-refractivity contribution in [3.63, 3.8) is 0 Å². The van der Waals surface area contributed by atoms with Gasteiger partial charge in [0.1, 0.15) is 0 Å². The smallest absolute Gasteiger partial charge is 0.237 e. The van der Waals surface area contributed by atoms with E-state index in [0.29, 0.717) is 6.54 Å². The van der Waals surface area contributed by atoms with Gasteiger partial charge in [-0.15, -0.1) is 0 Å². The molecule has 1 rings (SSSR count). The standard InChI is InChI=1S/C14H29N3O/c1-11(2)17(12(3)4)13(18)9-16-8-7-15-10-14(16,5)6/h11-12,15H,7-10H2,1-6H3. The van der Waals surface area contributed by atoms with Gasteiger partial charge in [0.05, 0.1) is 6.54 Å². The zero-order valence-corrected chi connectivity index (χ0v) is 12.8. The van der Waals surface area contributed by atoms with Gasteiger partial charge in [0.15, 0.2) is 0 Å². The normalized spacial score (nSPS) is 20.4. The molecule has 1 saturated heterocycles. The molecule has 1 N–H and O–H groups in total. The second kappa shape index (κ2) is 6.02. The van der Waals surface area contributed by atoms with Gasteiger partial charge in [-0.25, -0.2) is 0 Å². The summed E-state index contributed by atoms with van der Waals surface area (Å²) in [5.74, 6) is 0.245. The molecule has 1 fully saturated rings. The Kier molecular flexibility index (Phi) is 5.17. The van der Waals surface area contributed by atoms with E-state index in [1.165, 1.54) is 0 Å². The zero-order chi connectivity index (χ0) is 13.9. The molecule has 1 aliphatic heterocycles. The van der Waals surface area contributed by atoms with Gasteiger partial charge < -0.3 is 10.2 Å². The van der Waals surface area contributed by atoms with Crippen molar-refractivity contribution in [1.82, 2.24) is 15.1 Å². The third kappa shape index (κ3) is 3.69. The molecule has 4 heteroatoms. The number of nitrogens with one attached hydrogen (secondary N) is 1. The summed E-state index contributed by atoms with van der Waals surface area (Å²) in [7, 11) is 0.